The second-order valence-electron chi connectivity index (χ2n) is 10.1. The van der Waals surface area contributed by atoms with Crippen LogP contribution in [0.3, 0.4) is 0 Å². The molecule has 0 radical (unpaired) electrons. The third-order valence-corrected chi connectivity index (χ3v) is 8.52. The van der Waals surface area contributed by atoms with Gasteiger partial charge in [0.15, 0.2) is 0 Å². The molecule has 0 saturated heterocycles. The highest BCUT2D eigenvalue weighted by atomic mass is 32.2. The van der Waals surface area contributed by atoms with Crippen molar-refractivity contribution in [2.24, 2.45) is 0 Å². The van der Waals surface area contributed by atoms with Crippen LogP contribution in [-0.4, -0.2) is 57.4 Å². The zero-order valence-electron chi connectivity index (χ0n) is 24.5. The van der Waals surface area contributed by atoms with E-state index in [1.54, 1.807) is 12.1 Å². The largest absolute Gasteiger partial charge is 0.456 e. The Labute approximate surface area is 243 Å². The normalized spacial score (nSPS) is 11.9. The Morgan fingerprint density at radius 3 is 2.29 bits per heavy atom. The van der Waals surface area contributed by atoms with E-state index >= 15 is 0 Å². The molecule has 0 spiro atoms. The van der Waals surface area contributed by atoms with Gasteiger partial charge in [0.2, 0.25) is 5.36 Å². The van der Waals surface area contributed by atoms with Crippen molar-refractivity contribution in [3.05, 3.63) is 65.5 Å². The highest BCUT2D eigenvalue weighted by Gasteiger charge is 2.25. The summed E-state index contributed by atoms with van der Waals surface area (Å²) in [7, 11) is -4.55. The number of nitrogens with zero attached hydrogens (tertiary/aromatic N) is 2. The first-order valence-corrected chi connectivity index (χ1v) is 15.9. The Hall–Kier alpha value is -3.24. The Kier molecular flexibility index (Phi) is 10.2. The summed E-state index contributed by atoms with van der Waals surface area (Å²) in [5.41, 5.74) is 4.30. The number of benzene rings is 3. The summed E-state index contributed by atoms with van der Waals surface area (Å²) in [6, 6.07) is 17.2. The smallest absolute Gasteiger partial charge is 0.295 e. The first kappa shape index (κ1) is 30.7. The van der Waals surface area contributed by atoms with Gasteiger partial charge in [-0.15, -0.1) is 0 Å². The van der Waals surface area contributed by atoms with Gasteiger partial charge in [-0.1, -0.05) is 12.1 Å². The lowest BCUT2D eigenvalue weighted by molar-refractivity contribution is 0.283. The average molecular weight is 581 g/mol. The van der Waals surface area contributed by atoms with Crippen LogP contribution in [0.1, 0.15) is 46.1 Å². The summed E-state index contributed by atoms with van der Waals surface area (Å²) < 4.78 is 44.7. The molecular weight excluding hydrogens is 538 g/mol. The van der Waals surface area contributed by atoms with Crippen LogP contribution in [0.4, 0.5) is 5.69 Å². The molecule has 3 N–H and O–H groups in total. The van der Waals surface area contributed by atoms with E-state index in [1.807, 2.05) is 42.5 Å². The van der Waals surface area contributed by atoms with Gasteiger partial charge < -0.3 is 19.7 Å². The van der Waals surface area contributed by atoms with Gasteiger partial charge in [0.25, 0.3) is 10.1 Å². The van der Waals surface area contributed by atoms with Gasteiger partial charge >= 0.3 is 0 Å². The first-order chi connectivity index (χ1) is 19.7. The molecule has 9 heteroatoms. The first-order valence-electron chi connectivity index (χ1n) is 14.5. The third kappa shape index (κ3) is 6.81. The molecule has 2 aromatic rings. The summed E-state index contributed by atoms with van der Waals surface area (Å²) in [4.78, 5) is 2.10. The topological polar surface area (TPSA) is 106 Å². The Morgan fingerprint density at radius 2 is 1.63 bits per heavy atom. The van der Waals surface area contributed by atoms with Crippen molar-refractivity contribution in [1.29, 1.82) is 0 Å². The molecule has 0 amide bonds. The molecule has 0 saturated carbocycles. The molecule has 2 aliphatic rings. The molecule has 0 bridgehead atoms. The predicted molar refractivity (Wildman–Crippen MR) is 166 cm³/mol. The number of hydrogen-bond donors (Lipinski definition) is 3. The predicted octanol–water partition coefficient (Wildman–Crippen LogP) is 4.97. The van der Waals surface area contributed by atoms with E-state index in [0.717, 1.165) is 60.2 Å². The van der Waals surface area contributed by atoms with Crippen molar-refractivity contribution >= 4 is 26.8 Å². The fourth-order valence-electron chi connectivity index (χ4n) is 5.42. The number of unbranched alkanes of at least 4 members (excludes halogenated alkanes) is 1. The molecule has 1 aliphatic heterocycles. The summed E-state index contributed by atoms with van der Waals surface area (Å²) >= 11 is 0. The molecule has 1 aliphatic carbocycles. The Morgan fingerprint density at radius 1 is 0.902 bits per heavy atom. The molecule has 1 heterocycles. The standard InChI is InChI=1S/C32H41N3O5S/c1-5-34(6-2)24-12-15-26-29(20-24)40-30-21-25(35(7-3)8-4)13-16-27(30)32(26)28-14-11-23(19-31(28)41(37,38)39)22-33-17-9-10-18-36/h11-16,19-21,33,36H,5-10,17-18,22H2,1-4H3/p+1. The van der Waals surface area contributed by atoms with Crippen LogP contribution in [-0.2, 0) is 16.7 Å². The van der Waals surface area contributed by atoms with E-state index in [1.165, 1.54) is 0 Å². The molecule has 0 atom stereocenters. The summed E-state index contributed by atoms with van der Waals surface area (Å²) in [5.74, 6) is 0.643. The van der Waals surface area contributed by atoms with E-state index in [2.05, 4.69) is 42.5 Å². The monoisotopic (exact) mass is 580 g/mol. The SMILES string of the molecule is CCN(CC)c1ccc2c(-c3ccc(CNCCCCO)cc3S(=O)(=O)O)c3ccc(=[N+](CC)CC)cc-3oc2c1. The van der Waals surface area contributed by atoms with E-state index in [9.17, 15) is 13.0 Å². The maximum absolute atomic E-state index is 12.8. The van der Waals surface area contributed by atoms with Crippen molar-refractivity contribution in [1.82, 2.24) is 9.89 Å². The molecule has 0 unspecified atom stereocenters. The van der Waals surface area contributed by atoms with Crippen molar-refractivity contribution in [2.45, 2.75) is 52.0 Å². The molecule has 0 aromatic heterocycles. The number of rotatable bonds is 13. The maximum atomic E-state index is 12.8. The van der Waals surface area contributed by atoms with Crippen molar-refractivity contribution in [2.75, 3.05) is 44.2 Å². The Balaban J connectivity index is 1.98. The van der Waals surface area contributed by atoms with Crippen molar-refractivity contribution in [3.63, 3.8) is 0 Å². The number of hydrogen-bond acceptors (Lipinski definition) is 6. The summed E-state index contributed by atoms with van der Waals surface area (Å²) in [6.07, 6.45) is 1.52. The number of fused-ring (bicyclic) bond motifs is 2. The second-order valence-corrected chi connectivity index (χ2v) is 11.5. The van der Waals surface area contributed by atoms with Gasteiger partial charge in [-0.25, -0.2) is 4.58 Å². The van der Waals surface area contributed by atoms with Crippen molar-refractivity contribution < 1.29 is 22.5 Å². The number of aliphatic hydroxyl groups excluding tert-OH is 1. The number of aliphatic hydroxyl groups is 1. The highest BCUT2D eigenvalue weighted by Crippen LogP contribution is 2.43. The zero-order chi connectivity index (χ0) is 29.6. The third-order valence-electron chi connectivity index (χ3n) is 7.63. The van der Waals surface area contributed by atoms with Crippen LogP contribution in [0, 0.1) is 0 Å². The van der Waals surface area contributed by atoms with Crippen LogP contribution in [0.2, 0.25) is 0 Å². The quantitative estimate of drug-likeness (QED) is 0.0887. The van der Waals surface area contributed by atoms with E-state index in [4.69, 9.17) is 9.52 Å². The van der Waals surface area contributed by atoms with Gasteiger partial charge in [-0.2, -0.15) is 8.42 Å². The van der Waals surface area contributed by atoms with Crippen molar-refractivity contribution in [3.8, 4) is 22.5 Å². The van der Waals surface area contributed by atoms with Gasteiger partial charge in [-0.3, -0.25) is 4.55 Å². The van der Waals surface area contributed by atoms with E-state index in [0.29, 0.717) is 42.0 Å². The van der Waals surface area contributed by atoms with E-state index < -0.39 is 10.1 Å². The number of anilines is 1. The average Bonchev–Trinajstić information content (AvgIpc) is 2.96. The van der Waals surface area contributed by atoms with Crippen LogP contribution in [0.15, 0.2) is 63.9 Å². The summed E-state index contributed by atoms with van der Waals surface area (Å²) in [5, 5.41) is 14.1. The lowest BCUT2D eigenvalue weighted by Crippen LogP contribution is -2.29. The lowest BCUT2D eigenvalue weighted by Gasteiger charge is -2.22. The molecular formula is C32H42N3O5S+. The molecule has 220 valence electrons. The van der Waals surface area contributed by atoms with Gasteiger partial charge in [-0.05, 0) is 76.9 Å². The maximum Gasteiger partial charge on any atom is 0.295 e. The van der Waals surface area contributed by atoms with Gasteiger partial charge in [0.05, 0.1) is 6.07 Å². The highest BCUT2D eigenvalue weighted by molar-refractivity contribution is 7.86. The fourth-order valence-corrected chi connectivity index (χ4v) is 6.17. The molecule has 4 rings (SSSR count). The number of nitrogens with one attached hydrogen (secondary N) is 1. The minimum atomic E-state index is -4.55. The lowest BCUT2D eigenvalue weighted by atomic mass is 9.92. The Bertz CT molecular complexity index is 1640. The molecule has 8 nitrogen and oxygen atoms in total. The van der Waals surface area contributed by atoms with Crippen LogP contribution >= 0.6 is 0 Å². The second kappa shape index (κ2) is 13.6. The van der Waals surface area contributed by atoms with E-state index in [-0.39, 0.29) is 11.5 Å². The van der Waals surface area contributed by atoms with Gasteiger partial charge in [0.1, 0.15) is 29.3 Å². The minimum Gasteiger partial charge on any atom is -0.456 e. The molecule has 2 aromatic carbocycles. The zero-order valence-corrected chi connectivity index (χ0v) is 25.3. The molecule has 0 fully saturated rings. The van der Waals surface area contributed by atoms with Crippen LogP contribution < -0.4 is 20.1 Å². The molecule has 41 heavy (non-hydrogen) atoms. The van der Waals surface area contributed by atoms with Gasteiger partial charge in [0, 0.05) is 66.1 Å². The minimum absolute atomic E-state index is 0.137. The fraction of sp³-hybridized carbons (Fsp3) is 0.406. The van der Waals surface area contributed by atoms with Crippen LogP contribution in [0.5, 0.6) is 0 Å². The van der Waals surface area contributed by atoms with Crippen LogP contribution in [0.25, 0.3) is 33.4 Å². The summed E-state index contributed by atoms with van der Waals surface area (Å²) in [6.45, 7) is 13.1.